The maximum Gasteiger partial charge on any atom is 0.142 e. The molecule has 0 atom stereocenters. The number of halogens is 2. The second kappa shape index (κ2) is 2.71. The summed E-state index contributed by atoms with van der Waals surface area (Å²) in [7, 11) is 0. The van der Waals surface area contributed by atoms with Crippen molar-refractivity contribution in [2.75, 3.05) is 5.73 Å². The molecule has 0 spiro atoms. The van der Waals surface area contributed by atoms with Crippen LogP contribution in [-0.4, -0.2) is 0 Å². The Morgan fingerprint density at radius 3 is 2.92 bits per heavy atom. The Hall–Kier alpha value is -0.610. The molecule has 1 aromatic carbocycles. The minimum Gasteiger partial charge on any atom is -0.398 e. The van der Waals surface area contributed by atoms with Crippen LogP contribution in [0.15, 0.2) is 22.0 Å². The van der Waals surface area contributed by atoms with Crippen LogP contribution in [0.1, 0.15) is 0 Å². The topological polar surface area (TPSA) is 26.0 Å². The van der Waals surface area contributed by atoms with Crippen LogP contribution in [0.2, 0.25) is 0 Å². The summed E-state index contributed by atoms with van der Waals surface area (Å²) in [6.07, 6.45) is 0. The number of benzene rings is 1. The predicted octanol–water partition coefficient (Wildman–Crippen LogP) is 3.39. The zero-order chi connectivity index (χ0) is 8.72. The monoisotopic (exact) mass is 245 g/mol. The molecule has 0 bridgehead atoms. The smallest absolute Gasteiger partial charge is 0.142 e. The van der Waals surface area contributed by atoms with Gasteiger partial charge in [-0.1, -0.05) is 0 Å². The van der Waals surface area contributed by atoms with E-state index in [9.17, 15) is 4.39 Å². The van der Waals surface area contributed by atoms with Crippen LogP contribution in [0.5, 0.6) is 0 Å². The van der Waals surface area contributed by atoms with Crippen molar-refractivity contribution >= 4 is 43.0 Å². The van der Waals surface area contributed by atoms with Gasteiger partial charge in [-0.25, -0.2) is 4.39 Å². The molecule has 0 saturated heterocycles. The minimum atomic E-state index is -0.214. The van der Waals surface area contributed by atoms with Gasteiger partial charge in [-0.3, -0.25) is 0 Å². The maximum absolute atomic E-state index is 13.1. The van der Waals surface area contributed by atoms with Gasteiger partial charge in [-0.15, -0.1) is 11.3 Å². The Morgan fingerprint density at radius 1 is 1.42 bits per heavy atom. The lowest BCUT2D eigenvalue weighted by atomic mass is 10.2. The van der Waals surface area contributed by atoms with Crippen molar-refractivity contribution in [2.45, 2.75) is 0 Å². The summed E-state index contributed by atoms with van der Waals surface area (Å²) in [5.74, 6) is -0.214. The van der Waals surface area contributed by atoms with E-state index in [1.54, 1.807) is 6.07 Å². The fourth-order valence-corrected chi connectivity index (χ4v) is 2.55. The highest BCUT2D eigenvalue weighted by atomic mass is 79.9. The molecule has 4 heteroatoms. The molecule has 1 aromatic heterocycles. The van der Waals surface area contributed by atoms with Crippen molar-refractivity contribution < 1.29 is 4.39 Å². The predicted molar refractivity (Wildman–Crippen MR) is 53.9 cm³/mol. The molecular formula is C8H5BrFNS. The number of thiophene rings is 1. The SMILES string of the molecule is Nc1ccc2scc(F)c2c1Br. The van der Waals surface area contributed by atoms with Crippen LogP contribution in [0, 0.1) is 5.82 Å². The van der Waals surface area contributed by atoms with Gasteiger partial charge < -0.3 is 5.73 Å². The van der Waals surface area contributed by atoms with E-state index >= 15 is 0 Å². The Kier molecular flexibility index (Phi) is 1.81. The molecule has 2 rings (SSSR count). The highest BCUT2D eigenvalue weighted by Crippen LogP contribution is 2.34. The van der Waals surface area contributed by atoms with Crippen LogP contribution >= 0.6 is 27.3 Å². The van der Waals surface area contributed by atoms with Gasteiger partial charge in [0.2, 0.25) is 0 Å². The Bertz CT molecular complexity index is 438. The molecule has 0 aliphatic rings. The number of nitrogen functional groups attached to an aromatic ring is 1. The zero-order valence-corrected chi connectivity index (χ0v) is 8.38. The van der Waals surface area contributed by atoms with Gasteiger partial charge in [0, 0.05) is 21.2 Å². The third kappa shape index (κ3) is 1.03. The first-order valence-corrected chi connectivity index (χ1v) is 4.98. The summed E-state index contributed by atoms with van der Waals surface area (Å²) in [6, 6.07) is 3.59. The van der Waals surface area contributed by atoms with Crippen molar-refractivity contribution in [3.05, 3.63) is 27.8 Å². The van der Waals surface area contributed by atoms with Crippen molar-refractivity contribution in [2.24, 2.45) is 0 Å². The molecule has 0 saturated carbocycles. The summed E-state index contributed by atoms with van der Waals surface area (Å²) in [4.78, 5) is 0. The van der Waals surface area contributed by atoms with Gasteiger partial charge in [0.1, 0.15) is 5.82 Å². The first-order valence-electron chi connectivity index (χ1n) is 3.31. The van der Waals surface area contributed by atoms with E-state index in [0.717, 1.165) is 4.70 Å². The number of hydrogen-bond acceptors (Lipinski definition) is 2. The Labute approximate surface area is 81.1 Å². The fourth-order valence-electron chi connectivity index (χ4n) is 1.07. The van der Waals surface area contributed by atoms with E-state index in [4.69, 9.17) is 5.73 Å². The third-order valence-corrected chi connectivity index (χ3v) is 3.44. The standard InChI is InChI=1S/C8H5BrFNS/c9-8-5(11)1-2-6-7(8)4(10)3-12-6/h1-3H,11H2. The van der Waals surface area contributed by atoms with Gasteiger partial charge in [-0.2, -0.15) is 0 Å². The molecule has 2 aromatic rings. The van der Waals surface area contributed by atoms with Crippen molar-refractivity contribution in [1.29, 1.82) is 0 Å². The average molecular weight is 246 g/mol. The number of anilines is 1. The Balaban J connectivity index is 2.96. The molecule has 0 aliphatic carbocycles. The summed E-state index contributed by atoms with van der Waals surface area (Å²) in [6.45, 7) is 0. The highest BCUT2D eigenvalue weighted by Gasteiger charge is 2.08. The van der Waals surface area contributed by atoms with Crippen molar-refractivity contribution in [1.82, 2.24) is 0 Å². The van der Waals surface area contributed by atoms with Gasteiger partial charge in [0.25, 0.3) is 0 Å². The summed E-state index contributed by atoms with van der Waals surface area (Å²) in [5.41, 5.74) is 6.17. The summed E-state index contributed by atoms with van der Waals surface area (Å²) >= 11 is 4.63. The lowest BCUT2D eigenvalue weighted by Gasteiger charge is -1.98. The molecule has 0 radical (unpaired) electrons. The summed E-state index contributed by atoms with van der Waals surface area (Å²) in [5, 5.41) is 2.06. The molecule has 62 valence electrons. The molecule has 0 fully saturated rings. The zero-order valence-electron chi connectivity index (χ0n) is 5.97. The Morgan fingerprint density at radius 2 is 2.17 bits per heavy atom. The average Bonchev–Trinajstić information content (AvgIpc) is 2.41. The minimum absolute atomic E-state index is 0.214. The van der Waals surface area contributed by atoms with Crippen molar-refractivity contribution in [3.8, 4) is 0 Å². The molecular weight excluding hydrogens is 241 g/mol. The lowest BCUT2D eigenvalue weighted by molar-refractivity contribution is 0.644. The number of rotatable bonds is 0. The van der Waals surface area contributed by atoms with Crippen molar-refractivity contribution in [3.63, 3.8) is 0 Å². The van der Waals surface area contributed by atoms with Gasteiger partial charge in [-0.05, 0) is 28.1 Å². The number of fused-ring (bicyclic) bond motifs is 1. The van der Waals surface area contributed by atoms with E-state index < -0.39 is 0 Å². The second-order valence-corrected chi connectivity index (χ2v) is 4.13. The number of hydrogen-bond donors (Lipinski definition) is 1. The molecule has 0 aliphatic heterocycles. The lowest BCUT2D eigenvalue weighted by Crippen LogP contribution is -1.86. The van der Waals surface area contributed by atoms with Crippen LogP contribution in [0.3, 0.4) is 0 Å². The van der Waals surface area contributed by atoms with Gasteiger partial charge in [0.05, 0.1) is 4.47 Å². The van der Waals surface area contributed by atoms with E-state index in [0.29, 0.717) is 15.5 Å². The largest absolute Gasteiger partial charge is 0.398 e. The van der Waals surface area contributed by atoms with E-state index in [1.807, 2.05) is 6.07 Å². The maximum atomic E-state index is 13.1. The molecule has 1 nitrogen and oxygen atoms in total. The fraction of sp³-hybridized carbons (Fsp3) is 0. The molecule has 0 amide bonds. The van der Waals surface area contributed by atoms with Crippen LogP contribution < -0.4 is 5.73 Å². The second-order valence-electron chi connectivity index (χ2n) is 2.43. The molecule has 2 N–H and O–H groups in total. The molecule has 12 heavy (non-hydrogen) atoms. The normalized spacial score (nSPS) is 10.8. The van der Waals surface area contributed by atoms with Crippen LogP contribution in [0.25, 0.3) is 10.1 Å². The molecule has 1 heterocycles. The van der Waals surface area contributed by atoms with Crippen LogP contribution in [-0.2, 0) is 0 Å². The van der Waals surface area contributed by atoms with Gasteiger partial charge in [0.15, 0.2) is 0 Å². The van der Waals surface area contributed by atoms with E-state index in [2.05, 4.69) is 15.9 Å². The van der Waals surface area contributed by atoms with Crippen LogP contribution in [0.4, 0.5) is 10.1 Å². The van der Waals surface area contributed by atoms with E-state index in [1.165, 1.54) is 16.7 Å². The number of nitrogens with two attached hydrogens (primary N) is 1. The highest BCUT2D eigenvalue weighted by molar-refractivity contribution is 9.10. The molecule has 0 unspecified atom stereocenters. The first kappa shape index (κ1) is 8.01. The van der Waals surface area contributed by atoms with Gasteiger partial charge >= 0.3 is 0 Å². The quantitative estimate of drug-likeness (QED) is 0.708. The summed E-state index contributed by atoms with van der Waals surface area (Å²) < 4.78 is 14.7. The third-order valence-electron chi connectivity index (χ3n) is 1.66. The first-order chi connectivity index (χ1) is 5.70. The van der Waals surface area contributed by atoms with E-state index in [-0.39, 0.29) is 5.82 Å².